The van der Waals surface area contributed by atoms with Crippen molar-refractivity contribution < 1.29 is 4.74 Å². The summed E-state index contributed by atoms with van der Waals surface area (Å²) in [4.78, 5) is 10.6. The number of aromatic nitrogens is 2. The smallest absolute Gasteiger partial charge is 0.161 e. The number of ether oxygens (including phenoxy) is 1. The molecular formula is C64H40N2O. The van der Waals surface area contributed by atoms with E-state index in [1.165, 1.54) is 44.5 Å². The van der Waals surface area contributed by atoms with Crippen molar-refractivity contribution in [2.45, 2.75) is 10.8 Å². The average molecular weight is 853 g/mol. The zero-order chi connectivity index (χ0) is 44.1. The van der Waals surface area contributed by atoms with Gasteiger partial charge >= 0.3 is 0 Å². The van der Waals surface area contributed by atoms with Gasteiger partial charge in [0.15, 0.2) is 5.82 Å². The molecule has 0 saturated heterocycles. The molecule has 2 spiro atoms. The van der Waals surface area contributed by atoms with E-state index in [2.05, 4.69) is 237 Å². The molecule has 0 amide bonds. The Labute approximate surface area is 389 Å². The molecule has 0 unspecified atom stereocenters. The maximum absolute atomic E-state index is 7.14. The van der Waals surface area contributed by atoms with Gasteiger partial charge in [-0.3, -0.25) is 0 Å². The summed E-state index contributed by atoms with van der Waals surface area (Å²) in [6, 6.07) is 88.0. The van der Waals surface area contributed by atoms with Gasteiger partial charge in [-0.15, -0.1) is 0 Å². The standard InChI is InChI=1S/C64H40N2O/c1-2-20-42(21-3-1)58-40-59(66-62(65-58)49-28-18-22-41-19-4-5-23-44(41)49)48-27-7-6-24-45(48)43-37-38-57-61(39-43)67-60-36-17-16-35-56(60)64(57)54-33-14-12-31-52(54)63(53-32-13-15-34-55(53)64)50-29-10-8-25-46(50)47-26-9-11-30-51(47)63/h1-40H. The van der Waals surface area contributed by atoms with Gasteiger partial charge in [-0.25, -0.2) is 9.97 Å². The number of benzene rings is 10. The van der Waals surface area contributed by atoms with Crippen molar-refractivity contribution in [3.05, 3.63) is 287 Å². The zero-order valence-corrected chi connectivity index (χ0v) is 36.4. The van der Waals surface area contributed by atoms with Gasteiger partial charge in [-0.2, -0.15) is 0 Å². The lowest BCUT2D eigenvalue weighted by molar-refractivity contribution is 0.429. The summed E-state index contributed by atoms with van der Waals surface area (Å²) in [5, 5.41) is 2.27. The van der Waals surface area contributed by atoms with Crippen LogP contribution in [0.2, 0.25) is 0 Å². The number of hydrogen-bond acceptors (Lipinski definition) is 3. The van der Waals surface area contributed by atoms with Gasteiger partial charge in [0.05, 0.1) is 22.2 Å². The van der Waals surface area contributed by atoms with Gasteiger partial charge < -0.3 is 4.74 Å². The molecule has 312 valence electrons. The van der Waals surface area contributed by atoms with Crippen LogP contribution in [0.5, 0.6) is 11.5 Å². The fourth-order valence-electron chi connectivity index (χ4n) is 12.0. The van der Waals surface area contributed by atoms with E-state index in [4.69, 9.17) is 14.7 Å². The molecule has 67 heavy (non-hydrogen) atoms. The van der Waals surface area contributed by atoms with Gasteiger partial charge in [0.2, 0.25) is 0 Å². The Balaban J connectivity index is 0.996. The Hall–Kier alpha value is -8.66. The molecule has 0 saturated carbocycles. The van der Waals surface area contributed by atoms with Crippen LogP contribution in [-0.2, 0) is 10.8 Å². The summed E-state index contributed by atoms with van der Waals surface area (Å²) in [7, 11) is 0. The third-order valence-corrected chi connectivity index (χ3v) is 14.7. The lowest BCUT2D eigenvalue weighted by atomic mass is 9.51. The second-order valence-electron chi connectivity index (χ2n) is 17.9. The first-order valence-corrected chi connectivity index (χ1v) is 23.1. The second kappa shape index (κ2) is 14.4. The van der Waals surface area contributed by atoms with E-state index in [0.717, 1.165) is 72.6 Å². The Bertz CT molecular complexity index is 3710. The van der Waals surface area contributed by atoms with E-state index in [1.807, 2.05) is 6.07 Å². The number of fused-ring (bicyclic) bond motifs is 16. The fourth-order valence-corrected chi connectivity index (χ4v) is 12.0. The van der Waals surface area contributed by atoms with Crippen LogP contribution in [-0.4, -0.2) is 9.97 Å². The molecule has 0 bridgehead atoms. The first-order valence-electron chi connectivity index (χ1n) is 23.1. The maximum atomic E-state index is 7.14. The maximum Gasteiger partial charge on any atom is 0.161 e. The number of nitrogens with zero attached hydrogens (tertiary/aromatic N) is 2. The van der Waals surface area contributed by atoms with Gasteiger partial charge in [0, 0.05) is 27.8 Å². The Morgan fingerprint density at radius 1 is 0.284 bits per heavy atom. The van der Waals surface area contributed by atoms with Crippen LogP contribution in [0.3, 0.4) is 0 Å². The molecule has 3 heteroatoms. The molecule has 3 nitrogen and oxygen atoms in total. The summed E-state index contributed by atoms with van der Waals surface area (Å²) in [5.41, 5.74) is 18.3. The SMILES string of the molecule is c1ccc(-c2cc(-c3ccccc3-c3ccc4c(c3)Oc3ccccc3C43c4ccccc4C4(c5ccccc5-c5ccccc54)c4ccccc43)nc(-c3cccc4ccccc34)n2)cc1. The molecular weight excluding hydrogens is 813 g/mol. The van der Waals surface area contributed by atoms with E-state index >= 15 is 0 Å². The van der Waals surface area contributed by atoms with Crippen LogP contribution in [0.4, 0.5) is 0 Å². The highest BCUT2D eigenvalue weighted by molar-refractivity contribution is 5.96. The number of rotatable bonds is 4. The van der Waals surface area contributed by atoms with Crippen LogP contribution in [0.15, 0.2) is 243 Å². The van der Waals surface area contributed by atoms with E-state index in [9.17, 15) is 0 Å². The van der Waals surface area contributed by atoms with E-state index in [-0.39, 0.29) is 0 Å². The number of hydrogen-bond donors (Lipinski definition) is 0. The summed E-state index contributed by atoms with van der Waals surface area (Å²) in [5.74, 6) is 2.38. The molecule has 1 aliphatic heterocycles. The fraction of sp³-hybridized carbons (Fsp3) is 0.0312. The van der Waals surface area contributed by atoms with Crippen molar-refractivity contribution in [1.29, 1.82) is 0 Å². The van der Waals surface area contributed by atoms with Crippen LogP contribution in [0, 0.1) is 0 Å². The largest absolute Gasteiger partial charge is 0.457 e. The highest BCUT2D eigenvalue weighted by atomic mass is 16.5. The summed E-state index contributed by atoms with van der Waals surface area (Å²) < 4.78 is 7.14. The molecule has 2 aliphatic carbocycles. The molecule has 14 rings (SSSR count). The van der Waals surface area contributed by atoms with Gasteiger partial charge in [-0.1, -0.05) is 224 Å². The van der Waals surface area contributed by atoms with Gasteiger partial charge in [0.25, 0.3) is 0 Å². The van der Waals surface area contributed by atoms with Crippen molar-refractivity contribution in [3.63, 3.8) is 0 Å². The molecule has 2 heterocycles. The summed E-state index contributed by atoms with van der Waals surface area (Å²) in [6.45, 7) is 0. The van der Waals surface area contributed by atoms with Crippen molar-refractivity contribution in [1.82, 2.24) is 9.97 Å². The summed E-state index contributed by atoms with van der Waals surface area (Å²) >= 11 is 0. The second-order valence-corrected chi connectivity index (χ2v) is 17.9. The first-order chi connectivity index (χ1) is 33.2. The topological polar surface area (TPSA) is 35.0 Å². The minimum atomic E-state index is -0.683. The molecule has 11 aromatic rings. The predicted octanol–water partition coefficient (Wildman–Crippen LogP) is 15.5. The molecule has 3 aliphatic rings. The van der Waals surface area contributed by atoms with Crippen LogP contribution in [0.25, 0.3) is 66.9 Å². The monoisotopic (exact) mass is 852 g/mol. The molecule has 1 aromatic heterocycles. The molecule has 10 aromatic carbocycles. The molecule has 0 atom stereocenters. The normalized spacial score (nSPS) is 14.0. The van der Waals surface area contributed by atoms with E-state index in [1.54, 1.807) is 0 Å². The summed E-state index contributed by atoms with van der Waals surface area (Å²) in [6.07, 6.45) is 0. The number of para-hydroxylation sites is 1. The van der Waals surface area contributed by atoms with Crippen molar-refractivity contribution >= 4 is 10.8 Å². The quantitative estimate of drug-likeness (QED) is 0.177. The lowest BCUT2D eigenvalue weighted by Crippen LogP contribution is -2.45. The Kier molecular flexibility index (Phi) is 8.11. The first kappa shape index (κ1) is 37.7. The Morgan fingerprint density at radius 3 is 1.45 bits per heavy atom. The van der Waals surface area contributed by atoms with Crippen LogP contribution >= 0.6 is 0 Å². The van der Waals surface area contributed by atoms with Gasteiger partial charge in [0.1, 0.15) is 11.5 Å². The lowest BCUT2D eigenvalue weighted by Gasteiger charge is -2.51. The average Bonchev–Trinajstić information content (AvgIpc) is 3.70. The zero-order valence-electron chi connectivity index (χ0n) is 36.4. The minimum absolute atomic E-state index is 0.515. The van der Waals surface area contributed by atoms with Gasteiger partial charge in [-0.05, 0) is 84.6 Å². The highest BCUT2D eigenvalue weighted by Gasteiger charge is 2.58. The predicted molar refractivity (Wildman–Crippen MR) is 271 cm³/mol. The third-order valence-electron chi connectivity index (χ3n) is 14.7. The Morgan fingerprint density at radius 2 is 0.761 bits per heavy atom. The molecule has 0 fully saturated rings. The van der Waals surface area contributed by atoms with E-state index < -0.39 is 10.8 Å². The van der Waals surface area contributed by atoms with Crippen LogP contribution in [0.1, 0.15) is 44.5 Å². The van der Waals surface area contributed by atoms with Crippen molar-refractivity contribution in [3.8, 4) is 67.7 Å². The van der Waals surface area contributed by atoms with Crippen LogP contribution < -0.4 is 4.74 Å². The molecule has 0 N–H and O–H groups in total. The van der Waals surface area contributed by atoms with Crippen molar-refractivity contribution in [2.75, 3.05) is 0 Å². The highest BCUT2D eigenvalue weighted by Crippen LogP contribution is 2.67. The van der Waals surface area contributed by atoms with E-state index in [0.29, 0.717) is 5.82 Å². The third kappa shape index (κ3) is 5.22. The minimum Gasteiger partial charge on any atom is -0.457 e. The van der Waals surface area contributed by atoms with Crippen molar-refractivity contribution in [2.24, 2.45) is 0 Å². The molecule has 0 radical (unpaired) electrons.